The van der Waals surface area contributed by atoms with E-state index >= 15 is 0 Å². The third-order valence-corrected chi connectivity index (χ3v) is 1.59. The average Bonchev–Trinajstić information content (AvgIpc) is 2.03. The summed E-state index contributed by atoms with van der Waals surface area (Å²) in [5, 5.41) is 0. The van der Waals surface area contributed by atoms with E-state index < -0.39 is 0 Å². The molecular formula is C9H14N2. The molecule has 0 radical (unpaired) electrons. The van der Waals surface area contributed by atoms with Crippen molar-refractivity contribution in [2.45, 2.75) is 26.7 Å². The molecule has 1 heterocycles. The van der Waals surface area contributed by atoms with E-state index in [4.69, 9.17) is 0 Å². The van der Waals surface area contributed by atoms with Crippen LogP contribution in [0.2, 0.25) is 0 Å². The number of hydrogen-bond acceptors (Lipinski definition) is 2. The fraction of sp³-hybridized carbons (Fsp3) is 0.556. The Morgan fingerprint density at radius 2 is 2.18 bits per heavy atom. The molecule has 0 amide bonds. The molecule has 1 rings (SSSR count). The number of aromatic nitrogens is 2. The highest BCUT2D eigenvalue weighted by atomic mass is 14.8. The third kappa shape index (κ3) is 3.12. The second-order valence-electron chi connectivity index (χ2n) is 3.13. The molecule has 0 saturated carbocycles. The molecule has 0 saturated heterocycles. The van der Waals surface area contributed by atoms with Crippen LogP contribution >= 0.6 is 0 Å². The standard InChI is InChI=1S/C9H14N2/c1-8(2)3-4-9-7-10-5-6-11-9/h5-8H,3-4H2,1-2H3. The molecule has 0 aliphatic heterocycles. The normalized spacial score (nSPS) is 10.5. The smallest absolute Gasteiger partial charge is 0.0586 e. The molecule has 0 aromatic carbocycles. The van der Waals surface area contributed by atoms with Crippen LogP contribution in [0, 0.1) is 5.92 Å². The molecule has 0 unspecified atom stereocenters. The van der Waals surface area contributed by atoms with Crippen molar-refractivity contribution in [3.05, 3.63) is 24.3 Å². The van der Waals surface area contributed by atoms with Crippen molar-refractivity contribution in [2.24, 2.45) is 5.92 Å². The van der Waals surface area contributed by atoms with Crippen molar-refractivity contribution in [3.63, 3.8) is 0 Å². The van der Waals surface area contributed by atoms with Gasteiger partial charge in [0.05, 0.1) is 5.69 Å². The predicted molar refractivity (Wildman–Crippen MR) is 45.2 cm³/mol. The predicted octanol–water partition coefficient (Wildman–Crippen LogP) is 2.07. The molecule has 0 aliphatic carbocycles. The van der Waals surface area contributed by atoms with Gasteiger partial charge in [-0.25, -0.2) is 0 Å². The maximum Gasteiger partial charge on any atom is 0.0586 e. The zero-order chi connectivity index (χ0) is 8.10. The summed E-state index contributed by atoms with van der Waals surface area (Å²) >= 11 is 0. The fourth-order valence-electron chi connectivity index (χ4n) is 0.896. The van der Waals surface area contributed by atoms with Gasteiger partial charge >= 0.3 is 0 Å². The van der Waals surface area contributed by atoms with Crippen LogP contribution in [0.25, 0.3) is 0 Å². The van der Waals surface area contributed by atoms with Gasteiger partial charge in [-0.15, -0.1) is 0 Å². The third-order valence-electron chi connectivity index (χ3n) is 1.59. The maximum absolute atomic E-state index is 4.19. The summed E-state index contributed by atoms with van der Waals surface area (Å²) in [4.78, 5) is 8.19. The van der Waals surface area contributed by atoms with Crippen molar-refractivity contribution in [2.75, 3.05) is 0 Å². The Morgan fingerprint density at radius 3 is 2.73 bits per heavy atom. The molecule has 2 heteroatoms. The van der Waals surface area contributed by atoms with Crippen LogP contribution in [0.3, 0.4) is 0 Å². The Hall–Kier alpha value is -0.920. The summed E-state index contributed by atoms with van der Waals surface area (Å²) in [6.07, 6.45) is 7.53. The van der Waals surface area contributed by atoms with Crippen molar-refractivity contribution in [3.8, 4) is 0 Å². The highest BCUT2D eigenvalue weighted by Gasteiger charge is 1.96. The lowest BCUT2D eigenvalue weighted by Gasteiger charge is -2.01. The van der Waals surface area contributed by atoms with Crippen molar-refractivity contribution in [1.82, 2.24) is 9.97 Å². The van der Waals surface area contributed by atoms with E-state index in [9.17, 15) is 0 Å². The van der Waals surface area contributed by atoms with Crippen molar-refractivity contribution in [1.29, 1.82) is 0 Å². The molecule has 0 N–H and O–H groups in total. The quantitative estimate of drug-likeness (QED) is 0.659. The van der Waals surface area contributed by atoms with Gasteiger partial charge in [0.15, 0.2) is 0 Å². The molecule has 2 nitrogen and oxygen atoms in total. The largest absolute Gasteiger partial charge is 0.261 e. The minimum atomic E-state index is 0.747. The van der Waals surface area contributed by atoms with Crippen LogP contribution in [-0.4, -0.2) is 9.97 Å². The average molecular weight is 150 g/mol. The van der Waals surface area contributed by atoms with Crippen LogP contribution in [-0.2, 0) is 6.42 Å². The Bertz CT molecular complexity index is 194. The highest BCUT2D eigenvalue weighted by Crippen LogP contribution is 2.04. The first-order chi connectivity index (χ1) is 5.29. The molecule has 0 atom stereocenters. The molecule has 60 valence electrons. The molecule has 0 aliphatic rings. The van der Waals surface area contributed by atoms with Crippen LogP contribution in [0.4, 0.5) is 0 Å². The van der Waals surface area contributed by atoms with Gasteiger partial charge in [0.1, 0.15) is 0 Å². The zero-order valence-electron chi connectivity index (χ0n) is 7.12. The van der Waals surface area contributed by atoms with Gasteiger partial charge in [0, 0.05) is 18.6 Å². The van der Waals surface area contributed by atoms with Gasteiger partial charge in [0.2, 0.25) is 0 Å². The number of nitrogens with zero attached hydrogens (tertiary/aromatic N) is 2. The van der Waals surface area contributed by atoms with Gasteiger partial charge < -0.3 is 0 Å². The summed E-state index contributed by atoms with van der Waals surface area (Å²) in [5.74, 6) is 0.747. The van der Waals surface area contributed by atoms with Crippen molar-refractivity contribution >= 4 is 0 Å². The molecule has 1 aromatic rings. The van der Waals surface area contributed by atoms with Crippen molar-refractivity contribution < 1.29 is 0 Å². The Labute approximate surface area is 67.7 Å². The van der Waals surface area contributed by atoms with E-state index in [0.717, 1.165) is 18.0 Å². The Kier molecular flexibility index (Phi) is 3.02. The lowest BCUT2D eigenvalue weighted by atomic mass is 10.1. The van der Waals surface area contributed by atoms with Crippen LogP contribution in [0.1, 0.15) is 26.0 Å². The number of rotatable bonds is 3. The van der Waals surface area contributed by atoms with Gasteiger partial charge in [-0.1, -0.05) is 13.8 Å². The van der Waals surface area contributed by atoms with E-state index in [0.29, 0.717) is 0 Å². The summed E-state index contributed by atoms with van der Waals surface area (Å²) in [6.45, 7) is 4.44. The number of hydrogen-bond donors (Lipinski definition) is 0. The van der Waals surface area contributed by atoms with Gasteiger partial charge in [-0.05, 0) is 18.8 Å². The number of aryl methyl sites for hydroxylation is 1. The van der Waals surface area contributed by atoms with Crippen LogP contribution < -0.4 is 0 Å². The van der Waals surface area contributed by atoms with Gasteiger partial charge in [0.25, 0.3) is 0 Å². The maximum atomic E-state index is 4.19. The van der Waals surface area contributed by atoms with Gasteiger partial charge in [-0.3, -0.25) is 9.97 Å². The highest BCUT2D eigenvalue weighted by molar-refractivity contribution is 4.94. The minimum Gasteiger partial charge on any atom is -0.261 e. The van der Waals surface area contributed by atoms with E-state index in [1.54, 1.807) is 12.4 Å². The SMILES string of the molecule is CC(C)CCc1cnccn1. The summed E-state index contributed by atoms with van der Waals surface area (Å²) in [7, 11) is 0. The first-order valence-corrected chi connectivity index (χ1v) is 4.04. The summed E-state index contributed by atoms with van der Waals surface area (Å²) < 4.78 is 0. The van der Waals surface area contributed by atoms with Crippen LogP contribution in [0.15, 0.2) is 18.6 Å². The van der Waals surface area contributed by atoms with E-state index in [1.165, 1.54) is 6.42 Å². The Morgan fingerprint density at radius 1 is 1.36 bits per heavy atom. The van der Waals surface area contributed by atoms with Gasteiger partial charge in [-0.2, -0.15) is 0 Å². The van der Waals surface area contributed by atoms with Crippen LogP contribution in [0.5, 0.6) is 0 Å². The second kappa shape index (κ2) is 4.06. The minimum absolute atomic E-state index is 0.747. The molecule has 1 aromatic heterocycles. The molecule has 0 bridgehead atoms. The lowest BCUT2D eigenvalue weighted by Crippen LogP contribution is -1.94. The molecule has 0 fully saturated rings. The van der Waals surface area contributed by atoms with E-state index in [-0.39, 0.29) is 0 Å². The summed E-state index contributed by atoms with van der Waals surface area (Å²) in [6, 6.07) is 0. The topological polar surface area (TPSA) is 25.8 Å². The van der Waals surface area contributed by atoms with E-state index in [2.05, 4.69) is 23.8 Å². The first kappa shape index (κ1) is 8.18. The zero-order valence-corrected chi connectivity index (χ0v) is 7.12. The first-order valence-electron chi connectivity index (χ1n) is 4.04. The van der Waals surface area contributed by atoms with E-state index in [1.807, 2.05) is 6.20 Å². The monoisotopic (exact) mass is 150 g/mol. The fourth-order valence-corrected chi connectivity index (χ4v) is 0.896. The molecular weight excluding hydrogens is 136 g/mol. The molecule has 11 heavy (non-hydrogen) atoms. The Balaban J connectivity index is 2.39. The molecule has 0 spiro atoms. The summed E-state index contributed by atoms with van der Waals surface area (Å²) in [5.41, 5.74) is 1.10. The lowest BCUT2D eigenvalue weighted by molar-refractivity contribution is 0.580. The second-order valence-corrected chi connectivity index (χ2v) is 3.13.